The molecule has 3 heteroatoms. The van der Waals surface area contributed by atoms with Gasteiger partial charge in [0.25, 0.3) is 0 Å². The van der Waals surface area contributed by atoms with Gasteiger partial charge in [-0.05, 0) is 29.2 Å². The van der Waals surface area contributed by atoms with Crippen LogP contribution in [0.2, 0.25) is 0 Å². The molecule has 0 bridgehead atoms. The highest BCUT2D eigenvalue weighted by Gasteiger charge is 2.16. The number of nitrogen functional groups attached to an aromatic ring is 1. The lowest BCUT2D eigenvalue weighted by Crippen LogP contribution is -2.12. The van der Waals surface area contributed by atoms with Crippen LogP contribution >= 0.6 is 0 Å². The number of anilines is 1. The summed E-state index contributed by atoms with van der Waals surface area (Å²) in [5.74, 6) is 0. The Morgan fingerprint density at radius 1 is 1.12 bits per heavy atom. The molecule has 88 valence electrons. The Morgan fingerprint density at radius 3 is 2.41 bits per heavy atom. The summed E-state index contributed by atoms with van der Waals surface area (Å²) in [5, 5.41) is 0. The molecule has 0 fully saturated rings. The van der Waals surface area contributed by atoms with Crippen molar-refractivity contribution in [2.45, 2.75) is 26.2 Å². The van der Waals surface area contributed by atoms with E-state index in [0.717, 1.165) is 17.0 Å². The minimum atomic E-state index is 0.0593. The third-order valence-corrected chi connectivity index (χ3v) is 2.69. The van der Waals surface area contributed by atoms with E-state index in [1.54, 1.807) is 6.20 Å². The number of nitrogens with zero attached hydrogens (tertiary/aromatic N) is 2. The maximum Gasteiger partial charge on any atom is 0.111 e. The summed E-state index contributed by atoms with van der Waals surface area (Å²) in [6.07, 6.45) is 3.62. The SMILES string of the molecule is CC(C)(C)c1cnc(-c2ccccn2)c(N)c1. The van der Waals surface area contributed by atoms with Crippen molar-refractivity contribution in [1.82, 2.24) is 9.97 Å². The molecule has 0 saturated carbocycles. The normalized spacial score (nSPS) is 11.5. The third-order valence-electron chi connectivity index (χ3n) is 2.69. The molecular formula is C14H17N3. The van der Waals surface area contributed by atoms with Crippen molar-refractivity contribution in [3.05, 3.63) is 42.2 Å². The van der Waals surface area contributed by atoms with Gasteiger partial charge in [-0.25, -0.2) is 0 Å². The molecular weight excluding hydrogens is 210 g/mol. The number of nitrogens with two attached hydrogens (primary N) is 1. The summed E-state index contributed by atoms with van der Waals surface area (Å²) in [6, 6.07) is 7.71. The monoisotopic (exact) mass is 227 g/mol. The maximum atomic E-state index is 6.05. The van der Waals surface area contributed by atoms with Crippen LogP contribution in [0.3, 0.4) is 0 Å². The van der Waals surface area contributed by atoms with Crippen molar-refractivity contribution >= 4 is 5.69 Å². The van der Waals surface area contributed by atoms with E-state index < -0.39 is 0 Å². The fourth-order valence-corrected chi connectivity index (χ4v) is 1.61. The van der Waals surface area contributed by atoms with Crippen LogP contribution in [-0.4, -0.2) is 9.97 Å². The molecule has 0 aliphatic heterocycles. The van der Waals surface area contributed by atoms with Crippen LogP contribution in [-0.2, 0) is 5.41 Å². The predicted octanol–water partition coefficient (Wildman–Crippen LogP) is 3.02. The van der Waals surface area contributed by atoms with E-state index in [0.29, 0.717) is 5.69 Å². The van der Waals surface area contributed by atoms with E-state index in [1.165, 1.54) is 0 Å². The van der Waals surface area contributed by atoms with Crippen LogP contribution in [0.4, 0.5) is 5.69 Å². The second-order valence-corrected chi connectivity index (χ2v) is 5.13. The van der Waals surface area contributed by atoms with Crippen molar-refractivity contribution in [2.75, 3.05) is 5.73 Å². The summed E-state index contributed by atoms with van der Waals surface area (Å²) < 4.78 is 0. The van der Waals surface area contributed by atoms with Crippen molar-refractivity contribution in [3.63, 3.8) is 0 Å². The van der Waals surface area contributed by atoms with Crippen LogP contribution in [0, 0.1) is 0 Å². The second-order valence-electron chi connectivity index (χ2n) is 5.13. The molecule has 0 unspecified atom stereocenters. The molecule has 17 heavy (non-hydrogen) atoms. The fourth-order valence-electron chi connectivity index (χ4n) is 1.61. The van der Waals surface area contributed by atoms with Crippen LogP contribution < -0.4 is 5.73 Å². The Bertz CT molecular complexity index is 513. The Morgan fingerprint density at radius 2 is 1.88 bits per heavy atom. The third kappa shape index (κ3) is 2.44. The van der Waals surface area contributed by atoms with Gasteiger partial charge in [0.2, 0.25) is 0 Å². The van der Waals surface area contributed by atoms with E-state index in [-0.39, 0.29) is 5.41 Å². The minimum absolute atomic E-state index is 0.0593. The molecule has 0 aliphatic carbocycles. The predicted molar refractivity (Wildman–Crippen MR) is 70.6 cm³/mol. The first kappa shape index (κ1) is 11.6. The van der Waals surface area contributed by atoms with E-state index in [4.69, 9.17) is 5.73 Å². The van der Waals surface area contributed by atoms with Gasteiger partial charge in [-0.1, -0.05) is 26.8 Å². The second kappa shape index (κ2) is 4.17. The zero-order chi connectivity index (χ0) is 12.5. The Labute approximate surface area is 102 Å². The highest BCUT2D eigenvalue weighted by Crippen LogP contribution is 2.27. The lowest BCUT2D eigenvalue weighted by molar-refractivity contribution is 0.588. The Hall–Kier alpha value is -1.90. The van der Waals surface area contributed by atoms with Gasteiger partial charge < -0.3 is 5.73 Å². The molecule has 0 spiro atoms. The van der Waals surface area contributed by atoms with Crippen molar-refractivity contribution in [3.8, 4) is 11.4 Å². The van der Waals surface area contributed by atoms with Gasteiger partial charge in [-0.3, -0.25) is 9.97 Å². The molecule has 0 radical (unpaired) electrons. The lowest BCUT2D eigenvalue weighted by Gasteiger charge is -2.19. The number of aromatic nitrogens is 2. The summed E-state index contributed by atoms with van der Waals surface area (Å²) >= 11 is 0. The standard InChI is InChI=1S/C14H17N3/c1-14(2,3)10-8-11(15)13(17-9-10)12-6-4-5-7-16-12/h4-9H,15H2,1-3H3. The maximum absolute atomic E-state index is 6.05. The Balaban J connectivity index is 2.46. The average molecular weight is 227 g/mol. The smallest absolute Gasteiger partial charge is 0.111 e. The number of rotatable bonds is 1. The van der Waals surface area contributed by atoms with Gasteiger partial charge in [0, 0.05) is 12.4 Å². The number of pyridine rings is 2. The van der Waals surface area contributed by atoms with Gasteiger partial charge in [0.05, 0.1) is 11.4 Å². The van der Waals surface area contributed by atoms with Gasteiger partial charge >= 0.3 is 0 Å². The highest BCUT2D eigenvalue weighted by molar-refractivity contribution is 5.70. The highest BCUT2D eigenvalue weighted by atomic mass is 14.8. The number of hydrogen-bond acceptors (Lipinski definition) is 3. The number of hydrogen-bond donors (Lipinski definition) is 1. The van der Waals surface area contributed by atoms with Crippen molar-refractivity contribution < 1.29 is 0 Å². The molecule has 2 aromatic heterocycles. The van der Waals surface area contributed by atoms with E-state index in [2.05, 4.69) is 30.7 Å². The fraction of sp³-hybridized carbons (Fsp3) is 0.286. The zero-order valence-corrected chi connectivity index (χ0v) is 10.4. The van der Waals surface area contributed by atoms with E-state index >= 15 is 0 Å². The van der Waals surface area contributed by atoms with Crippen molar-refractivity contribution in [1.29, 1.82) is 0 Å². The summed E-state index contributed by atoms with van der Waals surface area (Å²) in [4.78, 5) is 8.69. The zero-order valence-electron chi connectivity index (χ0n) is 10.4. The van der Waals surface area contributed by atoms with Crippen LogP contribution in [0.1, 0.15) is 26.3 Å². The molecule has 0 aromatic carbocycles. The molecule has 2 rings (SSSR count). The molecule has 0 saturated heterocycles. The first-order valence-electron chi connectivity index (χ1n) is 5.66. The molecule has 3 nitrogen and oxygen atoms in total. The van der Waals surface area contributed by atoms with Crippen molar-refractivity contribution in [2.24, 2.45) is 0 Å². The van der Waals surface area contributed by atoms with Crippen LogP contribution in [0.25, 0.3) is 11.4 Å². The van der Waals surface area contributed by atoms with Crippen LogP contribution in [0.15, 0.2) is 36.7 Å². The Kier molecular flexibility index (Phi) is 2.84. The van der Waals surface area contributed by atoms with Gasteiger partial charge in [-0.2, -0.15) is 0 Å². The minimum Gasteiger partial charge on any atom is -0.397 e. The first-order valence-corrected chi connectivity index (χ1v) is 5.66. The topological polar surface area (TPSA) is 51.8 Å². The van der Waals surface area contributed by atoms with E-state index in [9.17, 15) is 0 Å². The van der Waals surface area contributed by atoms with Crippen LogP contribution in [0.5, 0.6) is 0 Å². The average Bonchev–Trinajstić information content (AvgIpc) is 2.29. The lowest BCUT2D eigenvalue weighted by atomic mass is 9.88. The quantitative estimate of drug-likeness (QED) is 0.814. The molecule has 2 N–H and O–H groups in total. The molecule has 2 heterocycles. The molecule has 0 amide bonds. The first-order chi connectivity index (χ1) is 7.98. The van der Waals surface area contributed by atoms with Gasteiger partial charge in [0.15, 0.2) is 0 Å². The van der Waals surface area contributed by atoms with E-state index in [1.807, 2.05) is 30.5 Å². The summed E-state index contributed by atoms with van der Waals surface area (Å²) in [5.41, 5.74) is 9.48. The van der Waals surface area contributed by atoms with Gasteiger partial charge in [-0.15, -0.1) is 0 Å². The molecule has 0 aliphatic rings. The summed E-state index contributed by atoms with van der Waals surface area (Å²) in [7, 11) is 0. The largest absolute Gasteiger partial charge is 0.397 e. The van der Waals surface area contributed by atoms with Gasteiger partial charge in [0.1, 0.15) is 5.69 Å². The molecule has 2 aromatic rings. The molecule has 0 atom stereocenters. The summed E-state index contributed by atoms with van der Waals surface area (Å²) in [6.45, 7) is 6.43.